The zero-order valence-corrected chi connectivity index (χ0v) is 14.8. The third-order valence-electron chi connectivity index (χ3n) is 4.35. The highest BCUT2D eigenvalue weighted by Gasteiger charge is 2.47. The first kappa shape index (κ1) is 18.0. The number of hydrogen-bond acceptors (Lipinski definition) is 3. The van der Waals surface area contributed by atoms with Crippen LogP contribution in [-0.4, -0.2) is 18.4 Å². The fraction of sp³-hybridized carbons (Fsp3) is 0.250. The third-order valence-corrected chi connectivity index (χ3v) is 4.58. The Bertz CT molecular complexity index is 858. The van der Waals surface area contributed by atoms with Crippen molar-refractivity contribution >= 4 is 29.1 Å². The molecule has 2 atom stereocenters. The van der Waals surface area contributed by atoms with Crippen LogP contribution < -0.4 is 10.6 Å². The fourth-order valence-electron chi connectivity index (χ4n) is 2.79. The molecule has 1 aliphatic carbocycles. The maximum Gasteiger partial charge on any atom is 0.228 e. The highest BCUT2D eigenvalue weighted by Crippen LogP contribution is 2.39. The third kappa shape index (κ3) is 4.62. The van der Waals surface area contributed by atoms with Crippen molar-refractivity contribution in [2.24, 2.45) is 11.8 Å². The fourth-order valence-corrected chi connectivity index (χ4v) is 3.00. The van der Waals surface area contributed by atoms with Gasteiger partial charge in [0.2, 0.25) is 11.8 Å². The van der Waals surface area contributed by atoms with E-state index >= 15 is 0 Å². The standard InChI is InChI=1S/C20H18ClN3O2/c21-15-3-1-2-13(10-15)8-9-23-19(25)17-11-18(17)20(26)24-16-6-4-14(12-22)5-7-16/h1-7,10,17-18H,8-9,11H2,(H,23,25)(H,24,26). The van der Waals surface area contributed by atoms with Crippen LogP contribution >= 0.6 is 11.6 Å². The second kappa shape index (κ2) is 8.03. The van der Waals surface area contributed by atoms with Gasteiger partial charge >= 0.3 is 0 Å². The molecule has 0 aromatic heterocycles. The number of rotatable bonds is 6. The first-order chi connectivity index (χ1) is 12.6. The van der Waals surface area contributed by atoms with Gasteiger partial charge in [0.1, 0.15) is 0 Å². The van der Waals surface area contributed by atoms with Gasteiger partial charge in [0.15, 0.2) is 0 Å². The van der Waals surface area contributed by atoms with Crippen LogP contribution in [-0.2, 0) is 16.0 Å². The Morgan fingerprint density at radius 1 is 1.12 bits per heavy atom. The van der Waals surface area contributed by atoms with E-state index in [4.69, 9.17) is 16.9 Å². The van der Waals surface area contributed by atoms with Crippen molar-refractivity contribution in [1.82, 2.24) is 5.32 Å². The Morgan fingerprint density at radius 3 is 2.54 bits per heavy atom. The Labute approximate surface area is 157 Å². The van der Waals surface area contributed by atoms with Gasteiger partial charge in [-0.05, 0) is 54.8 Å². The summed E-state index contributed by atoms with van der Waals surface area (Å²) < 4.78 is 0. The summed E-state index contributed by atoms with van der Waals surface area (Å²) in [7, 11) is 0. The summed E-state index contributed by atoms with van der Waals surface area (Å²) in [5, 5.41) is 15.1. The molecule has 1 aliphatic rings. The number of carbonyl (C=O) groups excluding carboxylic acids is 2. The van der Waals surface area contributed by atoms with E-state index < -0.39 is 0 Å². The minimum Gasteiger partial charge on any atom is -0.356 e. The van der Waals surface area contributed by atoms with E-state index in [-0.39, 0.29) is 23.7 Å². The molecule has 2 aromatic rings. The lowest BCUT2D eigenvalue weighted by atomic mass is 10.1. The summed E-state index contributed by atoms with van der Waals surface area (Å²) in [4.78, 5) is 24.4. The molecule has 2 aromatic carbocycles. The van der Waals surface area contributed by atoms with Gasteiger partial charge in [-0.15, -0.1) is 0 Å². The number of amides is 2. The molecule has 26 heavy (non-hydrogen) atoms. The first-order valence-corrected chi connectivity index (χ1v) is 8.78. The number of nitrogens with zero attached hydrogens (tertiary/aromatic N) is 1. The molecule has 0 heterocycles. The molecule has 1 saturated carbocycles. The van der Waals surface area contributed by atoms with Crippen LogP contribution in [0.15, 0.2) is 48.5 Å². The van der Waals surface area contributed by atoms with Crippen LogP contribution in [0.2, 0.25) is 5.02 Å². The number of carbonyl (C=O) groups is 2. The number of nitriles is 1. The van der Waals surface area contributed by atoms with Gasteiger partial charge in [-0.1, -0.05) is 23.7 Å². The van der Waals surface area contributed by atoms with Gasteiger partial charge < -0.3 is 10.6 Å². The normalized spacial score (nSPS) is 17.8. The lowest BCUT2D eigenvalue weighted by Gasteiger charge is -2.07. The molecule has 132 valence electrons. The summed E-state index contributed by atoms with van der Waals surface area (Å²) in [6.45, 7) is 0.514. The minimum atomic E-state index is -0.295. The van der Waals surface area contributed by atoms with Crippen LogP contribution in [0.3, 0.4) is 0 Å². The number of hydrogen-bond donors (Lipinski definition) is 2. The quantitative estimate of drug-likeness (QED) is 0.822. The Morgan fingerprint density at radius 2 is 1.85 bits per heavy atom. The smallest absolute Gasteiger partial charge is 0.228 e. The average molecular weight is 368 g/mol. The van der Waals surface area contributed by atoms with E-state index in [1.807, 2.05) is 30.3 Å². The number of halogens is 1. The van der Waals surface area contributed by atoms with Crippen LogP contribution in [0.25, 0.3) is 0 Å². The summed E-state index contributed by atoms with van der Waals surface area (Å²) in [5.74, 6) is -0.818. The van der Waals surface area contributed by atoms with Crippen molar-refractivity contribution in [3.05, 3.63) is 64.7 Å². The van der Waals surface area contributed by atoms with Crippen molar-refractivity contribution in [3.8, 4) is 6.07 Å². The SMILES string of the molecule is N#Cc1ccc(NC(=O)C2CC2C(=O)NCCc2cccc(Cl)c2)cc1. The van der Waals surface area contributed by atoms with Crippen molar-refractivity contribution in [1.29, 1.82) is 5.26 Å². The molecule has 0 saturated heterocycles. The summed E-state index contributed by atoms with van der Waals surface area (Å²) in [5.41, 5.74) is 2.22. The van der Waals surface area contributed by atoms with Crippen LogP contribution in [0.4, 0.5) is 5.69 Å². The van der Waals surface area contributed by atoms with Gasteiger partial charge in [-0.25, -0.2) is 0 Å². The van der Waals surface area contributed by atoms with E-state index in [2.05, 4.69) is 10.6 Å². The number of nitrogens with one attached hydrogen (secondary N) is 2. The molecule has 2 amide bonds. The van der Waals surface area contributed by atoms with E-state index in [1.54, 1.807) is 24.3 Å². The van der Waals surface area contributed by atoms with Crippen LogP contribution in [0.5, 0.6) is 0 Å². The Kier molecular flexibility index (Phi) is 5.55. The van der Waals surface area contributed by atoms with Crippen molar-refractivity contribution < 1.29 is 9.59 Å². The van der Waals surface area contributed by atoms with E-state index in [1.165, 1.54) is 0 Å². The predicted octanol–water partition coefficient (Wildman–Crippen LogP) is 3.15. The highest BCUT2D eigenvalue weighted by molar-refractivity contribution is 6.30. The monoisotopic (exact) mass is 367 g/mol. The van der Waals surface area contributed by atoms with E-state index in [0.29, 0.717) is 35.7 Å². The van der Waals surface area contributed by atoms with Crippen molar-refractivity contribution in [3.63, 3.8) is 0 Å². The van der Waals surface area contributed by atoms with Gasteiger partial charge in [0, 0.05) is 17.3 Å². The van der Waals surface area contributed by atoms with E-state index in [9.17, 15) is 9.59 Å². The molecular formula is C20H18ClN3O2. The molecule has 5 nitrogen and oxygen atoms in total. The Balaban J connectivity index is 1.43. The molecule has 0 radical (unpaired) electrons. The van der Waals surface area contributed by atoms with E-state index in [0.717, 1.165) is 5.56 Å². The van der Waals surface area contributed by atoms with Crippen molar-refractivity contribution in [2.75, 3.05) is 11.9 Å². The lowest BCUT2D eigenvalue weighted by Crippen LogP contribution is -2.29. The molecule has 1 fully saturated rings. The molecule has 3 rings (SSSR count). The minimum absolute atomic E-state index is 0.0907. The highest BCUT2D eigenvalue weighted by atomic mass is 35.5. The molecule has 2 unspecified atom stereocenters. The Hall–Kier alpha value is -2.84. The lowest BCUT2D eigenvalue weighted by molar-refractivity contribution is -0.125. The average Bonchev–Trinajstić information content (AvgIpc) is 3.43. The molecule has 0 bridgehead atoms. The van der Waals surface area contributed by atoms with Crippen molar-refractivity contribution in [2.45, 2.75) is 12.8 Å². The maximum absolute atomic E-state index is 12.2. The summed E-state index contributed by atoms with van der Waals surface area (Å²) in [6, 6.07) is 16.2. The largest absolute Gasteiger partial charge is 0.356 e. The number of anilines is 1. The zero-order valence-electron chi connectivity index (χ0n) is 14.0. The zero-order chi connectivity index (χ0) is 18.5. The topological polar surface area (TPSA) is 82.0 Å². The second-order valence-electron chi connectivity index (χ2n) is 6.30. The van der Waals surface area contributed by atoms with Gasteiger partial charge in [0.25, 0.3) is 0 Å². The molecular weight excluding hydrogens is 350 g/mol. The van der Waals surface area contributed by atoms with Crippen LogP contribution in [0, 0.1) is 23.2 Å². The summed E-state index contributed by atoms with van der Waals surface area (Å²) >= 11 is 5.94. The first-order valence-electron chi connectivity index (χ1n) is 8.40. The van der Waals surface area contributed by atoms with Crippen LogP contribution in [0.1, 0.15) is 17.5 Å². The second-order valence-corrected chi connectivity index (χ2v) is 6.73. The molecule has 0 spiro atoms. The predicted molar refractivity (Wildman–Crippen MR) is 99.5 cm³/mol. The molecule has 2 N–H and O–H groups in total. The maximum atomic E-state index is 12.2. The van der Waals surface area contributed by atoms with Gasteiger partial charge in [-0.3, -0.25) is 9.59 Å². The van der Waals surface area contributed by atoms with Gasteiger partial charge in [-0.2, -0.15) is 5.26 Å². The van der Waals surface area contributed by atoms with Gasteiger partial charge in [0.05, 0.1) is 23.5 Å². The summed E-state index contributed by atoms with van der Waals surface area (Å²) in [6.07, 6.45) is 1.26. The molecule has 6 heteroatoms. The number of benzene rings is 2. The molecule has 0 aliphatic heterocycles.